The van der Waals surface area contributed by atoms with Crippen LogP contribution in [0.5, 0.6) is 5.75 Å². The second-order valence-electron chi connectivity index (χ2n) is 10.0. The largest absolute Gasteiger partial charge is 0.497 e. The van der Waals surface area contributed by atoms with E-state index in [4.69, 9.17) is 39.5 Å². The Balaban J connectivity index is 1.80. The van der Waals surface area contributed by atoms with Crippen molar-refractivity contribution < 1.29 is 22.7 Å². The van der Waals surface area contributed by atoms with Crippen LogP contribution in [0.25, 0.3) is 0 Å². The number of nitrogens with one attached hydrogen (secondary N) is 1. The quantitative estimate of drug-likeness (QED) is 0.170. The minimum absolute atomic E-state index is 0.0403. The van der Waals surface area contributed by atoms with Gasteiger partial charge in [-0.25, -0.2) is 8.42 Å². The van der Waals surface area contributed by atoms with E-state index in [1.54, 1.807) is 25.1 Å². The number of hydrogen-bond donors (Lipinski definition) is 1. The van der Waals surface area contributed by atoms with Gasteiger partial charge in [-0.2, -0.15) is 0 Å². The summed E-state index contributed by atoms with van der Waals surface area (Å²) in [5, 5.41) is 3.84. The van der Waals surface area contributed by atoms with Crippen LogP contribution >= 0.6 is 34.8 Å². The fourth-order valence-electron chi connectivity index (χ4n) is 4.69. The van der Waals surface area contributed by atoms with Gasteiger partial charge < -0.3 is 15.0 Å². The van der Waals surface area contributed by atoms with Gasteiger partial charge in [0.2, 0.25) is 11.8 Å². The fourth-order valence-corrected chi connectivity index (χ4v) is 6.55. The summed E-state index contributed by atoms with van der Waals surface area (Å²) >= 11 is 18.6. The monoisotopic (exact) mass is 687 g/mol. The van der Waals surface area contributed by atoms with Crippen molar-refractivity contribution in [3.8, 4) is 5.75 Å². The lowest BCUT2D eigenvalue weighted by Crippen LogP contribution is -2.53. The summed E-state index contributed by atoms with van der Waals surface area (Å²) in [6.07, 6.45) is 0.186. The van der Waals surface area contributed by atoms with Gasteiger partial charge in [-0.15, -0.1) is 0 Å². The lowest BCUT2D eigenvalue weighted by molar-refractivity contribution is -0.140. The van der Waals surface area contributed by atoms with Crippen LogP contribution in [0.4, 0.5) is 5.69 Å². The number of carbonyl (C=O) groups excluding carboxylic acids is 2. The second kappa shape index (κ2) is 15.5. The molecule has 0 bridgehead atoms. The predicted octanol–water partition coefficient (Wildman–Crippen LogP) is 6.63. The number of carbonyl (C=O) groups is 2. The SMILES string of the molecule is CCNC(=O)[C@H](Cc1ccccc1)N(Cc1ccc(Cl)c(Cl)c1)C(=O)CN(c1ccc(Cl)cc1)S(=O)(=O)c1ccc(OC)cc1. The Morgan fingerprint density at radius 1 is 0.844 bits per heavy atom. The van der Waals surface area contributed by atoms with Crippen molar-refractivity contribution in [2.45, 2.75) is 30.8 Å². The zero-order chi connectivity index (χ0) is 32.6. The third-order valence-electron chi connectivity index (χ3n) is 7.00. The van der Waals surface area contributed by atoms with Gasteiger partial charge in [-0.05, 0) is 78.7 Å². The van der Waals surface area contributed by atoms with Crippen molar-refractivity contribution in [1.29, 1.82) is 0 Å². The molecule has 12 heteroatoms. The molecule has 45 heavy (non-hydrogen) atoms. The molecule has 4 rings (SSSR count). The minimum atomic E-state index is -4.27. The summed E-state index contributed by atoms with van der Waals surface area (Å²) in [6.45, 7) is 1.47. The molecule has 0 saturated heterocycles. The molecule has 1 atom stereocenters. The van der Waals surface area contributed by atoms with Gasteiger partial charge in [-0.3, -0.25) is 13.9 Å². The van der Waals surface area contributed by atoms with Gasteiger partial charge in [0.25, 0.3) is 10.0 Å². The standard InChI is InChI=1S/C33H32Cl3N3O5S/c1-3-37-33(41)31(20-23-7-5-4-6-8-23)38(21-24-9-18-29(35)30(36)19-24)32(40)22-39(26-12-10-25(34)11-13-26)45(42,43)28-16-14-27(44-2)15-17-28/h4-19,31H,3,20-22H2,1-2H3,(H,37,41)/t31-/m0/s1. The number of anilines is 1. The van der Waals surface area contributed by atoms with Crippen LogP contribution < -0.4 is 14.4 Å². The van der Waals surface area contributed by atoms with Crippen LogP contribution in [-0.2, 0) is 32.6 Å². The predicted molar refractivity (Wildman–Crippen MR) is 179 cm³/mol. The number of sulfonamides is 1. The Labute approximate surface area is 278 Å². The molecule has 2 amide bonds. The maximum atomic E-state index is 14.4. The zero-order valence-electron chi connectivity index (χ0n) is 24.6. The Morgan fingerprint density at radius 3 is 2.11 bits per heavy atom. The normalized spacial score (nSPS) is 11.8. The maximum absolute atomic E-state index is 14.4. The van der Waals surface area contributed by atoms with Crippen LogP contribution in [0.3, 0.4) is 0 Å². The zero-order valence-corrected chi connectivity index (χ0v) is 27.7. The molecular weight excluding hydrogens is 657 g/mol. The van der Waals surface area contributed by atoms with Gasteiger partial charge in [0.15, 0.2) is 0 Å². The van der Waals surface area contributed by atoms with Crippen LogP contribution in [0.2, 0.25) is 15.1 Å². The second-order valence-corrected chi connectivity index (χ2v) is 13.1. The van der Waals surface area contributed by atoms with E-state index < -0.39 is 28.5 Å². The van der Waals surface area contributed by atoms with Gasteiger partial charge in [0.1, 0.15) is 18.3 Å². The molecule has 0 radical (unpaired) electrons. The van der Waals surface area contributed by atoms with E-state index in [9.17, 15) is 18.0 Å². The van der Waals surface area contributed by atoms with Crippen molar-refractivity contribution in [2.75, 3.05) is 24.5 Å². The van der Waals surface area contributed by atoms with Crippen LogP contribution in [-0.4, -0.2) is 51.4 Å². The summed E-state index contributed by atoms with van der Waals surface area (Å²) in [6, 6.07) is 25.2. The highest BCUT2D eigenvalue weighted by Gasteiger charge is 2.34. The number of benzene rings is 4. The Kier molecular flexibility index (Phi) is 11.7. The molecule has 0 aliphatic heterocycles. The molecule has 0 fully saturated rings. The average Bonchev–Trinajstić information content (AvgIpc) is 3.04. The van der Waals surface area contributed by atoms with E-state index in [1.165, 1.54) is 60.5 Å². The number of rotatable bonds is 13. The van der Waals surface area contributed by atoms with Crippen LogP contribution in [0, 0.1) is 0 Å². The topological polar surface area (TPSA) is 96.0 Å². The first-order chi connectivity index (χ1) is 21.5. The number of likely N-dealkylation sites (N-methyl/N-ethyl adjacent to an activating group) is 1. The van der Waals surface area contributed by atoms with Crippen molar-refractivity contribution in [2.24, 2.45) is 0 Å². The molecule has 8 nitrogen and oxygen atoms in total. The first-order valence-corrected chi connectivity index (χ1v) is 16.6. The molecule has 0 aliphatic rings. The first-order valence-electron chi connectivity index (χ1n) is 14.0. The Morgan fingerprint density at radius 2 is 1.51 bits per heavy atom. The third kappa shape index (κ3) is 8.70. The highest BCUT2D eigenvalue weighted by Crippen LogP contribution is 2.28. The lowest BCUT2D eigenvalue weighted by atomic mass is 10.0. The average molecular weight is 689 g/mol. The van der Waals surface area contributed by atoms with Crippen LogP contribution in [0.1, 0.15) is 18.1 Å². The smallest absolute Gasteiger partial charge is 0.264 e. The van der Waals surface area contributed by atoms with E-state index in [2.05, 4.69) is 5.32 Å². The fraction of sp³-hybridized carbons (Fsp3) is 0.212. The number of nitrogens with zero attached hydrogens (tertiary/aromatic N) is 2. The first kappa shape index (κ1) is 34.1. The van der Waals surface area contributed by atoms with Gasteiger partial charge in [0, 0.05) is 24.5 Å². The van der Waals surface area contributed by atoms with E-state index in [0.717, 1.165) is 9.87 Å². The molecule has 236 valence electrons. The molecular formula is C33H32Cl3N3O5S. The summed E-state index contributed by atoms with van der Waals surface area (Å²) < 4.78 is 34.4. The Bertz CT molecular complexity index is 1720. The molecule has 0 unspecified atom stereocenters. The molecule has 0 saturated carbocycles. The summed E-state index contributed by atoms with van der Waals surface area (Å²) in [4.78, 5) is 29.3. The van der Waals surface area contributed by atoms with E-state index in [0.29, 0.717) is 27.9 Å². The number of halogens is 3. The van der Waals surface area contributed by atoms with Gasteiger partial charge in [0.05, 0.1) is 27.7 Å². The molecule has 0 aromatic heterocycles. The van der Waals surface area contributed by atoms with Crippen LogP contribution in [0.15, 0.2) is 102 Å². The highest BCUT2D eigenvalue weighted by atomic mass is 35.5. The summed E-state index contributed by atoms with van der Waals surface area (Å²) in [7, 11) is -2.80. The van der Waals surface area contributed by atoms with Crippen molar-refractivity contribution in [1.82, 2.24) is 10.2 Å². The van der Waals surface area contributed by atoms with E-state index in [1.807, 2.05) is 30.3 Å². The van der Waals surface area contributed by atoms with Crippen molar-refractivity contribution in [3.63, 3.8) is 0 Å². The number of ether oxygens (including phenoxy) is 1. The Hall–Kier alpha value is -3.76. The van der Waals surface area contributed by atoms with Gasteiger partial charge in [-0.1, -0.05) is 71.2 Å². The molecule has 0 spiro atoms. The lowest BCUT2D eigenvalue weighted by Gasteiger charge is -2.34. The maximum Gasteiger partial charge on any atom is 0.264 e. The number of methoxy groups -OCH3 is 1. The third-order valence-corrected chi connectivity index (χ3v) is 9.78. The molecule has 4 aromatic rings. The molecule has 4 aromatic carbocycles. The van der Waals surface area contributed by atoms with Crippen molar-refractivity contribution in [3.05, 3.63) is 123 Å². The number of amides is 2. The summed E-state index contributed by atoms with van der Waals surface area (Å²) in [5.74, 6) is -0.521. The highest BCUT2D eigenvalue weighted by molar-refractivity contribution is 7.92. The van der Waals surface area contributed by atoms with Gasteiger partial charge >= 0.3 is 0 Å². The molecule has 0 heterocycles. The van der Waals surface area contributed by atoms with E-state index in [-0.39, 0.29) is 34.5 Å². The van der Waals surface area contributed by atoms with E-state index >= 15 is 0 Å². The minimum Gasteiger partial charge on any atom is -0.497 e. The number of hydrogen-bond acceptors (Lipinski definition) is 5. The molecule has 0 aliphatic carbocycles. The van der Waals surface area contributed by atoms with Crippen molar-refractivity contribution >= 4 is 62.3 Å². The summed E-state index contributed by atoms with van der Waals surface area (Å²) in [5.41, 5.74) is 1.65. The molecule has 1 N–H and O–H groups in total.